The summed E-state index contributed by atoms with van der Waals surface area (Å²) in [5, 5.41) is 19.9. The van der Waals surface area contributed by atoms with E-state index in [1.807, 2.05) is 145 Å². The van der Waals surface area contributed by atoms with E-state index in [1.165, 1.54) is 69.0 Å². The van der Waals surface area contributed by atoms with Crippen LogP contribution in [0.2, 0.25) is 0 Å². The summed E-state index contributed by atoms with van der Waals surface area (Å²) in [5.41, 5.74) is 22.2. The number of halogens is 7. The van der Waals surface area contributed by atoms with Gasteiger partial charge in [0.25, 0.3) is 0 Å². The van der Waals surface area contributed by atoms with Gasteiger partial charge in [-0.1, -0.05) is 343 Å². The van der Waals surface area contributed by atoms with Gasteiger partial charge in [0.15, 0.2) is 33.7 Å². The highest BCUT2D eigenvalue weighted by Crippen LogP contribution is 2.51. The van der Waals surface area contributed by atoms with Gasteiger partial charge in [0.1, 0.15) is 39.8 Å². The Morgan fingerprint density at radius 3 is 0.709 bits per heavy atom. The maximum Gasteiger partial charge on any atom is 0.573 e. The van der Waals surface area contributed by atoms with Crippen LogP contribution in [-0.4, -0.2) is 41.6 Å². The molecule has 0 aliphatic rings. The fourth-order valence-electron chi connectivity index (χ4n) is 18.9. The maximum atomic E-state index is 14.3. The topological polar surface area (TPSA) is 115 Å². The van der Waals surface area contributed by atoms with Gasteiger partial charge in [-0.15, -0.1) is 13.2 Å². The molecule has 0 aliphatic heterocycles. The summed E-state index contributed by atoms with van der Waals surface area (Å²) in [6.07, 6.45) is -9.21. The van der Waals surface area contributed by atoms with Crippen molar-refractivity contribution in [2.75, 3.05) is 59.7 Å². The van der Waals surface area contributed by atoms with Crippen LogP contribution in [0.25, 0.3) is 110 Å². The van der Waals surface area contributed by atoms with Crippen molar-refractivity contribution in [2.45, 2.75) is 170 Å². The third-order valence-electron chi connectivity index (χ3n) is 26.1. The Labute approximate surface area is 819 Å². The lowest BCUT2D eigenvalue weighted by atomic mass is 9.85. The van der Waals surface area contributed by atoms with Crippen LogP contribution in [-0.2, 0) is 38.7 Å². The molecule has 0 atom stereocenters. The first-order valence-electron chi connectivity index (χ1n) is 47.3. The Morgan fingerprint density at radius 1 is 0.220 bits per heavy atom. The fraction of sp³-hybridized carbons (Fsp3) is 0.254. The SMILES string of the molecule is CN(c1ccccc1C#N)c1cccc2c1oc1c(C(C)(C)C)cccc12.CN(c1ccccc1C(C)(C)C)c1cccc2c1oc1c(C(C)(C)C)cccc12.CN(c1ccccc1C(F)(F)F)c1cccc2c1oc1c(C(C)(C)C)cccc12.CN(c1ccccc1F)c1cccc2c1oc1c(C(C)(C)C)cccc12.CN(c1ccccc1OC(F)(F)F)c1cccc2c1oc1c(C(C)(C)C)cccc12. The van der Waals surface area contributed by atoms with E-state index in [9.17, 15) is 36.0 Å². The second kappa shape index (κ2) is 38.0. The number of fused-ring (bicyclic) bond motifs is 15. The second-order valence-electron chi connectivity index (χ2n) is 42.1. The molecule has 19 heteroatoms. The first kappa shape index (κ1) is 99.1. The average Bonchev–Trinajstić information content (AvgIpc) is 1.62. The molecule has 20 rings (SSSR count). The maximum absolute atomic E-state index is 14.3. The number of hydrogen-bond donors (Lipinski definition) is 0. The molecule has 722 valence electrons. The lowest BCUT2D eigenvalue weighted by Gasteiger charge is -2.29. The highest BCUT2D eigenvalue weighted by Gasteiger charge is 2.37. The average molecular weight is 1900 g/mol. The highest BCUT2D eigenvalue weighted by molar-refractivity contribution is 6.15. The number of furan rings is 5. The molecule has 0 radical (unpaired) electrons. The summed E-state index contributed by atoms with van der Waals surface area (Å²) in [7, 11) is 9.31. The summed E-state index contributed by atoms with van der Waals surface area (Å²) < 4.78 is 130. The number of hydrogen-bond acceptors (Lipinski definition) is 12. The van der Waals surface area contributed by atoms with Crippen molar-refractivity contribution < 1.29 is 57.6 Å². The van der Waals surface area contributed by atoms with Crippen molar-refractivity contribution in [1.82, 2.24) is 0 Å². The van der Waals surface area contributed by atoms with E-state index in [1.54, 1.807) is 60.3 Å². The minimum atomic E-state index is -4.77. The molecule has 0 fully saturated rings. The largest absolute Gasteiger partial charge is 0.573 e. The van der Waals surface area contributed by atoms with Crippen LogP contribution in [0.15, 0.2) is 325 Å². The second-order valence-corrected chi connectivity index (χ2v) is 42.1. The third kappa shape index (κ3) is 19.8. The lowest BCUT2D eigenvalue weighted by Crippen LogP contribution is -2.19. The van der Waals surface area contributed by atoms with E-state index in [0.717, 1.165) is 128 Å². The first-order chi connectivity index (χ1) is 66.5. The Hall–Kier alpha value is -14.9. The van der Waals surface area contributed by atoms with Crippen molar-refractivity contribution >= 4 is 167 Å². The summed E-state index contributed by atoms with van der Waals surface area (Å²) in [4.78, 5) is 9.34. The lowest BCUT2D eigenvalue weighted by molar-refractivity contribution is -0.274. The minimum Gasteiger partial charge on any atom is -0.454 e. The Kier molecular flexibility index (Phi) is 26.7. The van der Waals surface area contributed by atoms with Crippen molar-refractivity contribution in [3.63, 3.8) is 0 Å². The molecule has 0 saturated heterocycles. The molecule has 15 aromatic carbocycles. The molecule has 0 spiro atoms. The smallest absolute Gasteiger partial charge is 0.454 e. The monoisotopic (exact) mass is 1900 g/mol. The molecule has 0 aliphatic carbocycles. The van der Waals surface area contributed by atoms with Gasteiger partial charge in [-0.25, -0.2) is 4.39 Å². The highest BCUT2D eigenvalue weighted by atomic mass is 19.4. The van der Waals surface area contributed by atoms with Crippen molar-refractivity contribution in [2.24, 2.45) is 0 Å². The number of alkyl halides is 6. The van der Waals surface area contributed by atoms with Gasteiger partial charge in [-0.05, 0) is 123 Å². The van der Waals surface area contributed by atoms with E-state index in [4.69, 9.17) is 22.1 Å². The first-order valence-corrected chi connectivity index (χ1v) is 47.3. The van der Waals surface area contributed by atoms with E-state index in [2.05, 4.69) is 257 Å². The van der Waals surface area contributed by atoms with Gasteiger partial charge in [-0.2, -0.15) is 18.4 Å². The van der Waals surface area contributed by atoms with Gasteiger partial charge in [-0.3, -0.25) is 0 Å². The molecular formula is C122H119F7N6O6. The number of benzene rings is 15. The van der Waals surface area contributed by atoms with Gasteiger partial charge in [0.2, 0.25) is 0 Å². The number of nitriles is 1. The standard InChI is InChI=1S/C27H31NO.C24H22F3NO2.C24H22F3NO.C24H22N2O.C23H22FNO/c1-26(2,3)20-14-8-9-16-22(20)28(7)23-17-11-13-19-18-12-10-15-21(27(4,5)6)24(18)29-25(19)23;1-23(2,3)17-11-7-9-15-16-10-8-13-19(22(16)29-21(15)17)28(4)18-12-5-6-14-20(18)30-24(25,26)27;1-23(2,3)18-12-7-9-15-16-10-8-14-20(22(16)29-21(15)18)28(4)19-13-6-5-11-17(19)24(25,26)27;1-24(2,3)19-12-7-10-17-18-11-8-14-21(23(18)27-22(17)19)26(4)20-13-6-5-9-16(20)15-25;1-23(2,3)17-11-7-9-15-16-10-8-14-20(22(16)26-21(15)17)25(4)19-13-6-5-12-18(19)24/h8-17H,1-7H3;5-14H,1-4H3;5-14H,1-4H3;5-14H,1-4H3;5-14H,1-4H3. The molecule has 20 aromatic rings. The number of rotatable bonds is 11. The van der Waals surface area contributed by atoms with E-state index >= 15 is 0 Å². The van der Waals surface area contributed by atoms with Crippen LogP contribution < -0.4 is 29.2 Å². The molecular weight excluding hydrogens is 1780 g/mol. The van der Waals surface area contributed by atoms with Crippen molar-refractivity contribution in [3.8, 4) is 11.8 Å². The van der Waals surface area contributed by atoms with Gasteiger partial charge >= 0.3 is 12.5 Å². The van der Waals surface area contributed by atoms with Crippen LogP contribution >= 0.6 is 0 Å². The van der Waals surface area contributed by atoms with Crippen LogP contribution in [0.1, 0.15) is 169 Å². The van der Waals surface area contributed by atoms with Gasteiger partial charge in [0.05, 0.1) is 62.3 Å². The Bertz CT molecular complexity index is 7910. The molecule has 141 heavy (non-hydrogen) atoms. The number of para-hydroxylation sites is 16. The molecule has 0 unspecified atom stereocenters. The number of nitrogens with zero attached hydrogens (tertiary/aromatic N) is 6. The molecule has 0 saturated carbocycles. The summed E-state index contributed by atoms with van der Waals surface area (Å²) in [5.74, 6) is -0.519. The molecule has 0 amide bonds. The zero-order chi connectivity index (χ0) is 101. The van der Waals surface area contributed by atoms with Crippen LogP contribution in [0.5, 0.6) is 5.75 Å². The zero-order valence-electron chi connectivity index (χ0n) is 84.1. The molecule has 0 bridgehead atoms. The number of ether oxygens (including phenoxy) is 1. The van der Waals surface area contributed by atoms with Gasteiger partial charge in [0, 0.05) is 123 Å². The number of anilines is 10. The van der Waals surface area contributed by atoms with Gasteiger partial charge < -0.3 is 51.3 Å². The van der Waals surface area contributed by atoms with Crippen molar-refractivity contribution in [3.05, 3.63) is 354 Å². The Morgan fingerprint density at radius 2 is 0.426 bits per heavy atom. The third-order valence-corrected chi connectivity index (χ3v) is 26.1. The van der Waals surface area contributed by atoms with Crippen LogP contribution in [0, 0.1) is 17.1 Å². The normalized spacial score (nSPS) is 12.3. The molecule has 5 aromatic heterocycles. The predicted octanol–water partition coefficient (Wildman–Crippen LogP) is 36.5. The molecule has 0 N–H and O–H groups in total. The van der Waals surface area contributed by atoms with E-state index in [0.29, 0.717) is 39.5 Å². The van der Waals surface area contributed by atoms with Crippen LogP contribution in [0.4, 0.5) is 87.6 Å². The van der Waals surface area contributed by atoms with E-state index < -0.39 is 18.1 Å². The zero-order valence-corrected chi connectivity index (χ0v) is 84.1. The predicted molar refractivity (Wildman–Crippen MR) is 570 cm³/mol. The van der Waals surface area contributed by atoms with Crippen LogP contribution in [0.3, 0.4) is 0 Å². The quantitative estimate of drug-likeness (QED) is 0.115. The molecule has 5 heterocycles. The van der Waals surface area contributed by atoms with E-state index in [-0.39, 0.29) is 49.7 Å². The summed E-state index contributed by atoms with van der Waals surface area (Å²) in [6.45, 7) is 39.3. The Balaban J connectivity index is 0.000000127. The minimum absolute atomic E-state index is 0.00708. The summed E-state index contributed by atoms with van der Waals surface area (Å²) in [6, 6.07) is 98.1. The molecule has 12 nitrogen and oxygen atoms in total. The summed E-state index contributed by atoms with van der Waals surface area (Å²) >= 11 is 0. The fourth-order valence-corrected chi connectivity index (χ4v) is 18.9. The van der Waals surface area contributed by atoms with Crippen molar-refractivity contribution in [1.29, 1.82) is 5.26 Å².